The van der Waals surface area contributed by atoms with Crippen molar-refractivity contribution < 1.29 is 14.6 Å². The fraction of sp³-hybridized carbons (Fsp3) is 0.500. The van der Waals surface area contributed by atoms with Crippen molar-refractivity contribution in [2.45, 2.75) is 26.5 Å². The molecule has 0 aliphatic carbocycles. The molecule has 1 aromatic heterocycles. The minimum atomic E-state index is -0.919. The first-order chi connectivity index (χ1) is 8.97. The number of thiophene rings is 1. The molecule has 0 amide bonds. The monoisotopic (exact) mass is 283 g/mol. The first kappa shape index (κ1) is 15.9. The molecule has 0 unspecified atom stereocenters. The summed E-state index contributed by atoms with van der Waals surface area (Å²) in [6.45, 7) is 6.52. The molecule has 4 nitrogen and oxygen atoms in total. The second-order valence-electron chi connectivity index (χ2n) is 4.63. The quantitative estimate of drug-likeness (QED) is 0.745. The summed E-state index contributed by atoms with van der Waals surface area (Å²) in [6.07, 6.45) is 3.05. The fourth-order valence-corrected chi connectivity index (χ4v) is 2.51. The van der Waals surface area contributed by atoms with Crippen LogP contribution in [0.5, 0.6) is 0 Å². The summed E-state index contributed by atoms with van der Waals surface area (Å²) in [4.78, 5) is 14.8. The van der Waals surface area contributed by atoms with Gasteiger partial charge in [0.05, 0.1) is 12.7 Å². The lowest BCUT2D eigenvalue weighted by Crippen LogP contribution is -2.23. The highest BCUT2D eigenvalue weighted by Gasteiger charge is 2.04. The third-order valence-corrected chi connectivity index (χ3v) is 3.46. The Kier molecular flexibility index (Phi) is 6.77. The molecule has 0 bridgehead atoms. The van der Waals surface area contributed by atoms with Gasteiger partial charge in [-0.05, 0) is 39.1 Å². The maximum atomic E-state index is 10.4. The summed E-state index contributed by atoms with van der Waals surface area (Å²) in [7, 11) is 2.05. The van der Waals surface area contributed by atoms with E-state index in [0.717, 1.165) is 30.6 Å². The highest BCUT2D eigenvalue weighted by Crippen LogP contribution is 2.19. The van der Waals surface area contributed by atoms with E-state index in [0.29, 0.717) is 0 Å². The highest BCUT2D eigenvalue weighted by molar-refractivity contribution is 7.12. The van der Waals surface area contributed by atoms with E-state index < -0.39 is 5.97 Å². The van der Waals surface area contributed by atoms with E-state index in [1.54, 1.807) is 17.4 Å². The maximum Gasteiger partial charge on any atom is 0.328 e. The third kappa shape index (κ3) is 7.10. The zero-order valence-electron chi connectivity index (χ0n) is 11.6. The number of likely N-dealkylation sites (N-methyl/N-ethyl adjacent to an activating group) is 1. The minimum absolute atomic E-state index is 0.267. The zero-order valence-corrected chi connectivity index (χ0v) is 12.4. The molecule has 1 N–H and O–H groups in total. The number of ether oxygens (including phenoxy) is 1. The van der Waals surface area contributed by atoms with E-state index in [-0.39, 0.29) is 6.10 Å². The molecule has 106 valence electrons. The van der Waals surface area contributed by atoms with E-state index in [1.807, 2.05) is 26.0 Å². The number of carboxylic acid groups (broad SMARTS) is 1. The van der Waals surface area contributed by atoms with Crippen LogP contribution in [0.4, 0.5) is 0 Å². The van der Waals surface area contributed by atoms with Crippen LogP contribution in [-0.2, 0) is 16.1 Å². The van der Waals surface area contributed by atoms with Gasteiger partial charge < -0.3 is 9.84 Å². The molecule has 19 heavy (non-hydrogen) atoms. The van der Waals surface area contributed by atoms with Crippen LogP contribution in [0.15, 0.2) is 18.2 Å². The van der Waals surface area contributed by atoms with Gasteiger partial charge in [0, 0.05) is 28.9 Å². The normalized spacial score (nSPS) is 11.8. The highest BCUT2D eigenvalue weighted by atomic mass is 32.1. The standard InChI is InChI=1S/C14H21NO3S/c1-11(2)18-9-8-15(3)10-13-5-4-12(19-13)6-7-14(16)17/h4-7,11H,8-10H2,1-3H3,(H,16,17)/b7-6+. The Labute approximate surface area is 118 Å². The number of rotatable bonds is 8. The smallest absolute Gasteiger partial charge is 0.328 e. The van der Waals surface area contributed by atoms with Crippen molar-refractivity contribution in [1.29, 1.82) is 0 Å². The van der Waals surface area contributed by atoms with Gasteiger partial charge in [0.1, 0.15) is 0 Å². The lowest BCUT2D eigenvalue weighted by atomic mass is 10.4. The molecule has 0 fully saturated rings. The number of hydrogen-bond donors (Lipinski definition) is 1. The van der Waals surface area contributed by atoms with Gasteiger partial charge in [-0.1, -0.05) is 0 Å². The second kappa shape index (κ2) is 8.09. The van der Waals surface area contributed by atoms with Crippen molar-refractivity contribution in [3.05, 3.63) is 28.0 Å². The van der Waals surface area contributed by atoms with Crippen LogP contribution < -0.4 is 0 Å². The van der Waals surface area contributed by atoms with Gasteiger partial charge in [-0.25, -0.2) is 4.79 Å². The SMILES string of the molecule is CC(C)OCCN(C)Cc1ccc(/C=C/C(=O)O)s1. The molecule has 5 heteroatoms. The van der Waals surface area contributed by atoms with Crippen molar-refractivity contribution >= 4 is 23.4 Å². The van der Waals surface area contributed by atoms with E-state index in [1.165, 1.54) is 4.88 Å². The van der Waals surface area contributed by atoms with Crippen LogP contribution in [0.25, 0.3) is 6.08 Å². The molecular weight excluding hydrogens is 262 g/mol. The molecule has 0 spiro atoms. The average Bonchev–Trinajstić information content (AvgIpc) is 2.73. The molecule has 0 saturated carbocycles. The van der Waals surface area contributed by atoms with Gasteiger partial charge in [-0.2, -0.15) is 0 Å². The Hall–Kier alpha value is -1.17. The topological polar surface area (TPSA) is 49.8 Å². The summed E-state index contributed by atoms with van der Waals surface area (Å²) >= 11 is 1.61. The van der Waals surface area contributed by atoms with Crippen molar-refractivity contribution in [2.24, 2.45) is 0 Å². The summed E-state index contributed by atoms with van der Waals surface area (Å²) in [5.74, 6) is -0.919. The molecular formula is C14H21NO3S. The van der Waals surface area contributed by atoms with Gasteiger partial charge in [-0.3, -0.25) is 4.90 Å². The molecule has 0 aliphatic heterocycles. The zero-order chi connectivity index (χ0) is 14.3. The minimum Gasteiger partial charge on any atom is -0.478 e. The average molecular weight is 283 g/mol. The van der Waals surface area contributed by atoms with Gasteiger partial charge >= 0.3 is 5.97 Å². The van der Waals surface area contributed by atoms with E-state index >= 15 is 0 Å². The molecule has 1 heterocycles. The molecule has 0 aromatic carbocycles. The second-order valence-corrected chi connectivity index (χ2v) is 5.83. The number of hydrogen-bond acceptors (Lipinski definition) is 4. The summed E-state index contributed by atoms with van der Waals surface area (Å²) < 4.78 is 5.51. The van der Waals surface area contributed by atoms with Gasteiger partial charge in [0.15, 0.2) is 0 Å². The molecule has 0 aliphatic rings. The van der Waals surface area contributed by atoms with Crippen LogP contribution in [0.1, 0.15) is 23.6 Å². The number of carboxylic acids is 1. The molecule has 1 rings (SSSR count). The lowest BCUT2D eigenvalue weighted by molar-refractivity contribution is -0.131. The summed E-state index contributed by atoms with van der Waals surface area (Å²) in [6, 6.07) is 3.98. The fourth-order valence-electron chi connectivity index (χ4n) is 1.51. The maximum absolute atomic E-state index is 10.4. The molecule has 0 atom stereocenters. The first-order valence-corrected chi connectivity index (χ1v) is 7.09. The Bertz CT molecular complexity index is 426. The third-order valence-electron chi connectivity index (χ3n) is 2.42. The largest absolute Gasteiger partial charge is 0.478 e. The summed E-state index contributed by atoms with van der Waals surface area (Å²) in [5.41, 5.74) is 0. The van der Waals surface area contributed by atoms with Crippen LogP contribution in [0.3, 0.4) is 0 Å². The van der Waals surface area contributed by atoms with Gasteiger partial charge in [0.25, 0.3) is 0 Å². The van der Waals surface area contributed by atoms with Crippen molar-refractivity contribution in [1.82, 2.24) is 4.90 Å². The first-order valence-electron chi connectivity index (χ1n) is 6.27. The van der Waals surface area contributed by atoms with Gasteiger partial charge in [0.2, 0.25) is 0 Å². The molecule has 0 saturated heterocycles. The Morgan fingerprint density at radius 2 is 2.26 bits per heavy atom. The van der Waals surface area contributed by atoms with Crippen LogP contribution in [0.2, 0.25) is 0 Å². The number of carbonyl (C=O) groups is 1. The Morgan fingerprint density at radius 1 is 1.53 bits per heavy atom. The van der Waals surface area contributed by atoms with Crippen molar-refractivity contribution in [3.8, 4) is 0 Å². The van der Waals surface area contributed by atoms with Crippen LogP contribution >= 0.6 is 11.3 Å². The molecule has 0 radical (unpaired) electrons. The Balaban J connectivity index is 2.38. The van der Waals surface area contributed by atoms with Crippen molar-refractivity contribution in [2.75, 3.05) is 20.2 Å². The lowest BCUT2D eigenvalue weighted by Gasteiger charge is -2.16. The van der Waals surface area contributed by atoms with E-state index in [2.05, 4.69) is 11.9 Å². The predicted octanol–water partition coefficient (Wildman–Crippen LogP) is 2.70. The van der Waals surface area contributed by atoms with Crippen LogP contribution in [0, 0.1) is 0 Å². The van der Waals surface area contributed by atoms with Crippen molar-refractivity contribution in [3.63, 3.8) is 0 Å². The predicted molar refractivity (Wildman–Crippen MR) is 78.4 cm³/mol. The molecule has 1 aromatic rings. The number of aliphatic carboxylic acids is 1. The summed E-state index contributed by atoms with van der Waals surface area (Å²) in [5, 5.41) is 8.56. The van der Waals surface area contributed by atoms with E-state index in [4.69, 9.17) is 9.84 Å². The van der Waals surface area contributed by atoms with E-state index in [9.17, 15) is 4.79 Å². The van der Waals surface area contributed by atoms with Gasteiger partial charge in [-0.15, -0.1) is 11.3 Å². The Morgan fingerprint density at radius 3 is 2.89 bits per heavy atom. The number of nitrogens with zero attached hydrogens (tertiary/aromatic N) is 1. The van der Waals surface area contributed by atoms with Crippen LogP contribution in [-0.4, -0.2) is 42.3 Å².